The van der Waals surface area contributed by atoms with Gasteiger partial charge in [-0.2, -0.15) is 4.98 Å². The topological polar surface area (TPSA) is 41.1 Å². The Kier molecular flexibility index (Phi) is 5.19. The first-order valence-corrected chi connectivity index (χ1v) is 6.48. The molecule has 0 bridgehead atoms. The minimum absolute atomic E-state index is 0.503. The summed E-state index contributed by atoms with van der Waals surface area (Å²) in [4.78, 5) is 11.2. The van der Waals surface area contributed by atoms with Crippen molar-refractivity contribution in [3.63, 3.8) is 0 Å². The molecule has 0 fully saturated rings. The maximum atomic E-state index is 4.61. The Balaban J connectivity index is 3.04. The van der Waals surface area contributed by atoms with Crippen LogP contribution in [-0.2, 0) is 0 Å². The smallest absolute Gasteiger partial charge is 0.224 e. The minimum atomic E-state index is 0.503. The molecule has 4 heteroatoms. The van der Waals surface area contributed by atoms with Gasteiger partial charge >= 0.3 is 0 Å². The fourth-order valence-corrected chi connectivity index (χ4v) is 1.86. The van der Waals surface area contributed by atoms with Crippen molar-refractivity contribution in [1.29, 1.82) is 0 Å². The molecule has 1 N–H and O–H groups in total. The number of aryl methyl sites for hydroxylation is 1. The van der Waals surface area contributed by atoms with Crippen molar-refractivity contribution < 1.29 is 0 Å². The van der Waals surface area contributed by atoms with Crippen LogP contribution in [0, 0.1) is 6.92 Å². The lowest BCUT2D eigenvalue weighted by Crippen LogP contribution is -2.33. The van der Waals surface area contributed by atoms with Crippen LogP contribution in [0.25, 0.3) is 0 Å². The Bertz CT molecular complexity index is 351. The van der Waals surface area contributed by atoms with Crippen molar-refractivity contribution >= 4 is 11.8 Å². The van der Waals surface area contributed by atoms with Crippen LogP contribution in [0.2, 0.25) is 0 Å². The lowest BCUT2D eigenvalue weighted by Gasteiger charge is -2.29. The summed E-state index contributed by atoms with van der Waals surface area (Å²) < 4.78 is 0. The summed E-state index contributed by atoms with van der Waals surface area (Å²) in [6, 6.07) is 0.503. The second-order valence-electron chi connectivity index (χ2n) is 4.27. The van der Waals surface area contributed by atoms with Crippen LogP contribution in [0.5, 0.6) is 0 Å². The van der Waals surface area contributed by atoms with E-state index >= 15 is 0 Å². The van der Waals surface area contributed by atoms with E-state index in [0.717, 1.165) is 36.8 Å². The summed E-state index contributed by atoms with van der Waals surface area (Å²) in [6.45, 7) is 12.5. The number of nitrogens with zero attached hydrogens (tertiary/aromatic N) is 3. The average Bonchev–Trinajstić information content (AvgIpc) is 2.34. The Labute approximate surface area is 104 Å². The monoisotopic (exact) mass is 236 g/mol. The highest BCUT2D eigenvalue weighted by atomic mass is 15.2. The van der Waals surface area contributed by atoms with E-state index < -0.39 is 0 Å². The average molecular weight is 236 g/mol. The van der Waals surface area contributed by atoms with Crippen molar-refractivity contribution in [1.82, 2.24) is 9.97 Å². The van der Waals surface area contributed by atoms with E-state index in [2.05, 4.69) is 54.8 Å². The first-order valence-electron chi connectivity index (χ1n) is 6.48. The van der Waals surface area contributed by atoms with Crippen LogP contribution in [0.15, 0.2) is 6.20 Å². The molecule has 4 nitrogen and oxygen atoms in total. The third-order valence-electron chi connectivity index (χ3n) is 3.02. The van der Waals surface area contributed by atoms with E-state index in [0.29, 0.717) is 6.04 Å². The summed E-state index contributed by atoms with van der Waals surface area (Å²) in [5.74, 6) is 1.77. The van der Waals surface area contributed by atoms with Gasteiger partial charge in [0.05, 0.1) is 0 Å². The van der Waals surface area contributed by atoms with Crippen molar-refractivity contribution in [2.75, 3.05) is 23.3 Å². The Morgan fingerprint density at radius 2 is 2.06 bits per heavy atom. The molecule has 96 valence electrons. The maximum absolute atomic E-state index is 4.61. The van der Waals surface area contributed by atoms with Gasteiger partial charge in [0.15, 0.2) is 0 Å². The van der Waals surface area contributed by atoms with Crippen LogP contribution in [0.3, 0.4) is 0 Å². The molecule has 1 aromatic heterocycles. The van der Waals surface area contributed by atoms with Gasteiger partial charge in [0.25, 0.3) is 0 Å². The summed E-state index contributed by atoms with van der Waals surface area (Å²) in [6.07, 6.45) is 3.01. The molecule has 0 radical (unpaired) electrons. The molecule has 1 aromatic rings. The molecule has 0 aliphatic heterocycles. The fourth-order valence-electron chi connectivity index (χ4n) is 1.86. The zero-order chi connectivity index (χ0) is 12.8. The van der Waals surface area contributed by atoms with Gasteiger partial charge < -0.3 is 10.2 Å². The first-order chi connectivity index (χ1) is 8.13. The molecule has 1 atom stereocenters. The molecule has 0 aromatic carbocycles. The lowest BCUT2D eigenvalue weighted by molar-refractivity contribution is 0.621. The molecule has 1 unspecified atom stereocenters. The van der Waals surface area contributed by atoms with Crippen LogP contribution in [0.1, 0.15) is 39.7 Å². The highest BCUT2D eigenvalue weighted by Crippen LogP contribution is 2.21. The molecule has 0 spiro atoms. The van der Waals surface area contributed by atoms with Crippen LogP contribution in [-0.4, -0.2) is 29.1 Å². The third-order valence-corrected chi connectivity index (χ3v) is 3.02. The Morgan fingerprint density at radius 3 is 2.59 bits per heavy atom. The standard InChI is InChI=1S/C13H24N4/c1-6-11(5)17(8-3)12-10(4)9-15-13(16-12)14-7-2/h9,11H,6-8H2,1-5H3,(H,14,15,16). The molecule has 0 amide bonds. The van der Waals surface area contributed by atoms with Gasteiger partial charge in [-0.1, -0.05) is 6.92 Å². The highest BCUT2D eigenvalue weighted by Gasteiger charge is 2.15. The lowest BCUT2D eigenvalue weighted by atomic mass is 10.2. The van der Waals surface area contributed by atoms with E-state index in [9.17, 15) is 0 Å². The van der Waals surface area contributed by atoms with Gasteiger partial charge in [-0.25, -0.2) is 4.98 Å². The van der Waals surface area contributed by atoms with Gasteiger partial charge in [-0.05, 0) is 34.1 Å². The number of nitrogens with one attached hydrogen (secondary N) is 1. The normalized spacial score (nSPS) is 12.3. The number of hydrogen-bond acceptors (Lipinski definition) is 4. The van der Waals surface area contributed by atoms with Crippen molar-refractivity contribution in [2.45, 2.75) is 47.1 Å². The van der Waals surface area contributed by atoms with E-state index in [4.69, 9.17) is 0 Å². The Morgan fingerprint density at radius 1 is 1.35 bits per heavy atom. The van der Waals surface area contributed by atoms with E-state index in [1.807, 2.05) is 6.20 Å². The van der Waals surface area contributed by atoms with Crippen LogP contribution < -0.4 is 10.2 Å². The molecular formula is C13H24N4. The predicted molar refractivity (Wildman–Crippen MR) is 73.7 cm³/mol. The van der Waals surface area contributed by atoms with Gasteiger partial charge in [0, 0.05) is 30.9 Å². The van der Waals surface area contributed by atoms with Gasteiger partial charge in [-0.3, -0.25) is 0 Å². The van der Waals surface area contributed by atoms with Crippen molar-refractivity contribution in [3.05, 3.63) is 11.8 Å². The van der Waals surface area contributed by atoms with Gasteiger partial charge in [-0.15, -0.1) is 0 Å². The zero-order valence-electron chi connectivity index (χ0n) is 11.6. The van der Waals surface area contributed by atoms with Gasteiger partial charge in [0.1, 0.15) is 5.82 Å². The van der Waals surface area contributed by atoms with Crippen LogP contribution >= 0.6 is 0 Å². The SMILES string of the molecule is CCNc1ncc(C)c(N(CC)C(C)CC)n1. The van der Waals surface area contributed by atoms with E-state index in [1.54, 1.807) is 0 Å². The molecule has 17 heavy (non-hydrogen) atoms. The summed E-state index contributed by atoms with van der Waals surface area (Å²) in [5.41, 5.74) is 1.13. The minimum Gasteiger partial charge on any atom is -0.354 e. The third kappa shape index (κ3) is 3.32. The van der Waals surface area contributed by atoms with Crippen LogP contribution in [0.4, 0.5) is 11.8 Å². The molecule has 0 aliphatic carbocycles. The second-order valence-corrected chi connectivity index (χ2v) is 4.27. The van der Waals surface area contributed by atoms with E-state index in [1.165, 1.54) is 0 Å². The maximum Gasteiger partial charge on any atom is 0.224 e. The molecule has 0 saturated heterocycles. The Hall–Kier alpha value is -1.32. The largest absolute Gasteiger partial charge is 0.354 e. The number of rotatable bonds is 6. The number of hydrogen-bond donors (Lipinski definition) is 1. The van der Waals surface area contributed by atoms with E-state index in [-0.39, 0.29) is 0 Å². The highest BCUT2D eigenvalue weighted by molar-refractivity contribution is 5.49. The molecular weight excluding hydrogens is 212 g/mol. The second kappa shape index (κ2) is 6.42. The molecule has 0 aliphatic rings. The summed E-state index contributed by atoms with van der Waals surface area (Å²) >= 11 is 0. The fraction of sp³-hybridized carbons (Fsp3) is 0.692. The van der Waals surface area contributed by atoms with Crippen molar-refractivity contribution in [2.24, 2.45) is 0 Å². The van der Waals surface area contributed by atoms with Gasteiger partial charge in [0.2, 0.25) is 5.95 Å². The van der Waals surface area contributed by atoms with Crippen molar-refractivity contribution in [3.8, 4) is 0 Å². The quantitative estimate of drug-likeness (QED) is 0.824. The predicted octanol–water partition coefficient (Wildman–Crippen LogP) is 2.84. The zero-order valence-corrected chi connectivity index (χ0v) is 11.6. The molecule has 0 saturated carbocycles. The number of aromatic nitrogens is 2. The number of anilines is 2. The molecule has 1 heterocycles. The summed E-state index contributed by atoms with van der Waals surface area (Å²) in [5, 5.41) is 3.16. The summed E-state index contributed by atoms with van der Waals surface area (Å²) in [7, 11) is 0. The molecule has 1 rings (SSSR count). The first kappa shape index (κ1) is 13.7.